The van der Waals surface area contributed by atoms with E-state index in [0.29, 0.717) is 0 Å². The topological polar surface area (TPSA) is 69.1 Å². The zero-order valence-electron chi connectivity index (χ0n) is 10.4. The highest BCUT2D eigenvalue weighted by molar-refractivity contribution is 7.99. The molecule has 0 aliphatic carbocycles. The molecule has 3 aromatic rings. The number of rotatable bonds is 3. The standard InChI is InChI=1S/C13H13N5S/c1-9(14)10-5-6-12(15-8-10)19-13-17-16-11-4-2-3-7-18(11)13/h2-9H,14H2,1H3. The minimum atomic E-state index is 0.000437. The van der Waals surface area contributed by atoms with E-state index in [1.807, 2.05) is 47.9 Å². The van der Waals surface area contributed by atoms with E-state index in [0.717, 1.165) is 21.4 Å². The van der Waals surface area contributed by atoms with Crippen LogP contribution in [-0.4, -0.2) is 19.6 Å². The average Bonchev–Trinajstić information content (AvgIpc) is 2.83. The molecule has 0 aromatic carbocycles. The van der Waals surface area contributed by atoms with Crippen molar-refractivity contribution in [3.8, 4) is 0 Å². The van der Waals surface area contributed by atoms with E-state index in [1.165, 1.54) is 11.8 Å². The van der Waals surface area contributed by atoms with Crippen LogP contribution < -0.4 is 5.73 Å². The van der Waals surface area contributed by atoms with Gasteiger partial charge in [0.25, 0.3) is 0 Å². The maximum absolute atomic E-state index is 5.80. The molecule has 0 saturated carbocycles. The summed E-state index contributed by atoms with van der Waals surface area (Å²) in [5.74, 6) is 0. The SMILES string of the molecule is CC(N)c1ccc(Sc2nnc3ccccn23)nc1. The van der Waals surface area contributed by atoms with Crippen molar-refractivity contribution < 1.29 is 0 Å². The van der Waals surface area contributed by atoms with Crippen molar-refractivity contribution in [3.05, 3.63) is 48.3 Å². The number of fused-ring (bicyclic) bond motifs is 1. The van der Waals surface area contributed by atoms with E-state index in [4.69, 9.17) is 5.73 Å². The molecule has 0 saturated heterocycles. The largest absolute Gasteiger partial charge is 0.324 e. The Morgan fingerprint density at radius 2 is 2.11 bits per heavy atom. The maximum atomic E-state index is 5.80. The zero-order valence-corrected chi connectivity index (χ0v) is 11.2. The van der Waals surface area contributed by atoms with Crippen LogP contribution >= 0.6 is 11.8 Å². The summed E-state index contributed by atoms with van der Waals surface area (Å²) in [5.41, 5.74) is 7.66. The number of nitrogens with zero attached hydrogens (tertiary/aromatic N) is 4. The summed E-state index contributed by atoms with van der Waals surface area (Å²) in [7, 11) is 0. The van der Waals surface area contributed by atoms with Gasteiger partial charge in [-0.25, -0.2) is 4.98 Å². The van der Waals surface area contributed by atoms with Gasteiger partial charge in [-0.3, -0.25) is 4.40 Å². The first-order valence-corrected chi connectivity index (χ1v) is 6.75. The average molecular weight is 271 g/mol. The molecule has 0 aliphatic rings. The molecule has 2 N–H and O–H groups in total. The van der Waals surface area contributed by atoms with E-state index in [9.17, 15) is 0 Å². The third-order valence-corrected chi connectivity index (χ3v) is 3.67. The van der Waals surface area contributed by atoms with Gasteiger partial charge in [0.05, 0.1) is 0 Å². The van der Waals surface area contributed by atoms with Crippen molar-refractivity contribution >= 4 is 17.4 Å². The highest BCUT2D eigenvalue weighted by Crippen LogP contribution is 2.25. The first-order valence-electron chi connectivity index (χ1n) is 5.93. The Morgan fingerprint density at radius 3 is 2.84 bits per heavy atom. The van der Waals surface area contributed by atoms with Gasteiger partial charge in [-0.15, -0.1) is 10.2 Å². The van der Waals surface area contributed by atoms with Gasteiger partial charge in [0.2, 0.25) is 5.16 Å². The van der Waals surface area contributed by atoms with Gasteiger partial charge in [0.1, 0.15) is 5.03 Å². The Bertz CT molecular complexity index is 690. The Labute approximate surface area is 114 Å². The lowest BCUT2D eigenvalue weighted by atomic mass is 10.2. The van der Waals surface area contributed by atoms with Crippen molar-refractivity contribution in [1.82, 2.24) is 19.6 Å². The molecule has 3 rings (SSSR count). The summed E-state index contributed by atoms with van der Waals surface area (Å²) in [4.78, 5) is 4.38. The zero-order chi connectivity index (χ0) is 13.2. The van der Waals surface area contributed by atoms with E-state index in [-0.39, 0.29) is 6.04 Å². The second-order valence-corrected chi connectivity index (χ2v) is 5.22. The third-order valence-electron chi connectivity index (χ3n) is 2.76. The molecule has 0 spiro atoms. The van der Waals surface area contributed by atoms with Crippen molar-refractivity contribution in [2.24, 2.45) is 5.73 Å². The molecule has 0 amide bonds. The van der Waals surface area contributed by atoms with Gasteiger partial charge >= 0.3 is 0 Å². The fraction of sp³-hybridized carbons (Fsp3) is 0.154. The smallest absolute Gasteiger partial charge is 0.201 e. The quantitative estimate of drug-likeness (QED) is 0.791. The molecular weight excluding hydrogens is 258 g/mol. The Morgan fingerprint density at radius 1 is 1.21 bits per heavy atom. The number of pyridine rings is 2. The Balaban J connectivity index is 1.88. The Kier molecular flexibility index (Phi) is 3.18. The van der Waals surface area contributed by atoms with E-state index in [1.54, 1.807) is 6.20 Å². The molecule has 1 atom stereocenters. The second-order valence-electron chi connectivity index (χ2n) is 4.23. The van der Waals surface area contributed by atoms with E-state index in [2.05, 4.69) is 15.2 Å². The first-order chi connectivity index (χ1) is 9.24. The van der Waals surface area contributed by atoms with Crippen molar-refractivity contribution in [2.45, 2.75) is 23.1 Å². The maximum Gasteiger partial charge on any atom is 0.201 e. The summed E-state index contributed by atoms with van der Waals surface area (Å²) < 4.78 is 1.94. The summed E-state index contributed by atoms with van der Waals surface area (Å²) >= 11 is 1.48. The van der Waals surface area contributed by atoms with Crippen molar-refractivity contribution in [3.63, 3.8) is 0 Å². The van der Waals surface area contributed by atoms with Gasteiger partial charge in [0, 0.05) is 18.4 Å². The first kappa shape index (κ1) is 12.1. The van der Waals surface area contributed by atoms with Crippen LogP contribution in [0.2, 0.25) is 0 Å². The molecule has 0 bridgehead atoms. The summed E-state index contributed by atoms with van der Waals surface area (Å²) in [5, 5.41) is 9.94. The molecule has 19 heavy (non-hydrogen) atoms. The van der Waals surface area contributed by atoms with E-state index >= 15 is 0 Å². The fourth-order valence-corrected chi connectivity index (χ4v) is 2.47. The van der Waals surface area contributed by atoms with Gasteiger partial charge < -0.3 is 5.73 Å². The lowest BCUT2D eigenvalue weighted by Crippen LogP contribution is -2.05. The predicted molar refractivity (Wildman–Crippen MR) is 73.9 cm³/mol. The van der Waals surface area contributed by atoms with Gasteiger partial charge in [-0.1, -0.05) is 12.1 Å². The van der Waals surface area contributed by atoms with E-state index < -0.39 is 0 Å². The van der Waals surface area contributed by atoms with Gasteiger partial charge in [-0.2, -0.15) is 0 Å². The number of nitrogens with two attached hydrogens (primary N) is 1. The molecular formula is C13H13N5S. The van der Waals surface area contributed by atoms with Crippen LogP contribution in [0.25, 0.3) is 5.65 Å². The van der Waals surface area contributed by atoms with Crippen molar-refractivity contribution in [2.75, 3.05) is 0 Å². The normalized spacial score (nSPS) is 12.7. The summed E-state index contributed by atoms with van der Waals surface area (Å²) in [6.07, 6.45) is 3.74. The van der Waals surface area contributed by atoms with Crippen LogP contribution in [-0.2, 0) is 0 Å². The lowest BCUT2D eigenvalue weighted by Gasteiger charge is -2.05. The molecule has 0 aliphatic heterocycles. The Hall–Kier alpha value is -1.92. The molecule has 0 fully saturated rings. The molecule has 6 heteroatoms. The molecule has 3 heterocycles. The summed E-state index contributed by atoms with van der Waals surface area (Å²) in [6.45, 7) is 1.94. The molecule has 5 nitrogen and oxygen atoms in total. The van der Waals surface area contributed by atoms with Crippen LogP contribution in [0, 0.1) is 0 Å². The minimum Gasteiger partial charge on any atom is -0.324 e. The predicted octanol–water partition coefficient (Wildman–Crippen LogP) is 2.30. The van der Waals surface area contributed by atoms with Crippen LogP contribution in [0.5, 0.6) is 0 Å². The molecule has 96 valence electrons. The monoisotopic (exact) mass is 271 g/mol. The number of aromatic nitrogens is 4. The lowest BCUT2D eigenvalue weighted by molar-refractivity contribution is 0.805. The van der Waals surface area contributed by atoms with Gasteiger partial charge in [-0.05, 0) is 42.4 Å². The fourth-order valence-electron chi connectivity index (χ4n) is 1.70. The number of hydrogen-bond acceptors (Lipinski definition) is 5. The second kappa shape index (κ2) is 4.99. The van der Waals surface area contributed by atoms with Gasteiger partial charge in [0.15, 0.2) is 5.65 Å². The van der Waals surface area contributed by atoms with Crippen molar-refractivity contribution in [1.29, 1.82) is 0 Å². The number of hydrogen-bond donors (Lipinski definition) is 1. The minimum absolute atomic E-state index is 0.000437. The molecule has 0 radical (unpaired) electrons. The van der Waals surface area contributed by atoms with Crippen LogP contribution in [0.3, 0.4) is 0 Å². The van der Waals surface area contributed by atoms with Crippen LogP contribution in [0.1, 0.15) is 18.5 Å². The summed E-state index contributed by atoms with van der Waals surface area (Å²) in [6, 6.07) is 9.75. The highest BCUT2D eigenvalue weighted by Gasteiger charge is 2.08. The van der Waals surface area contributed by atoms with Crippen LogP contribution in [0.4, 0.5) is 0 Å². The highest BCUT2D eigenvalue weighted by atomic mass is 32.2. The van der Waals surface area contributed by atoms with Crippen LogP contribution in [0.15, 0.2) is 52.9 Å². The molecule has 1 unspecified atom stereocenters. The molecule has 3 aromatic heterocycles. The third kappa shape index (κ3) is 2.45.